The number of rotatable bonds is 8. The predicted octanol–water partition coefficient (Wildman–Crippen LogP) is 16.5. The number of imidazole rings is 4. The second kappa shape index (κ2) is 26.4. The van der Waals surface area contributed by atoms with Crippen LogP contribution in [0.5, 0.6) is 0 Å². The van der Waals surface area contributed by atoms with Crippen molar-refractivity contribution in [1.82, 2.24) is 33.2 Å². The molecule has 14 aromatic rings. The van der Waals surface area contributed by atoms with Gasteiger partial charge in [0.15, 0.2) is 0 Å². The monoisotopic (exact) mass is 1220 g/mol. The number of aryl methyl sites for hydroxylation is 13. The Hall–Kier alpha value is -10.1. The molecule has 7 heterocycles. The fraction of sp³-hybridized carbons (Fsp3) is 0.247. The number of nitrogens with zero attached hydrogens (tertiary/aromatic N) is 11. The van der Waals surface area contributed by atoms with Crippen molar-refractivity contribution >= 4 is 43.1 Å². The van der Waals surface area contributed by atoms with Gasteiger partial charge in [0.05, 0.1) is 64.5 Å². The van der Waals surface area contributed by atoms with E-state index in [9.17, 15) is 0 Å². The van der Waals surface area contributed by atoms with E-state index < -0.39 is 20.6 Å². The molecule has 0 fully saturated rings. The zero-order valence-corrected chi connectivity index (χ0v) is 55.6. The first-order valence-corrected chi connectivity index (χ1v) is 31.3. The summed E-state index contributed by atoms with van der Waals surface area (Å²) in [7, 11) is 11.8. The Balaban J connectivity index is 0.000000138. The van der Waals surface area contributed by atoms with E-state index in [0.29, 0.717) is 23.4 Å². The maximum Gasteiger partial charge on any atom is 0.294 e. The van der Waals surface area contributed by atoms with Crippen molar-refractivity contribution in [2.24, 2.45) is 42.3 Å². The number of benzene rings is 7. The first kappa shape index (κ1) is 52.6. The number of pyridine rings is 3. The Bertz CT molecular complexity index is 5350. The number of aromatic nitrogens is 11. The third kappa shape index (κ3) is 12.0. The molecule has 14 rings (SSSR count). The minimum absolute atomic E-state index is 0.00863. The molecular formula is C81H89N11+4. The van der Waals surface area contributed by atoms with Gasteiger partial charge in [-0.1, -0.05) is 113 Å². The van der Waals surface area contributed by atoms with Gasteiger partial charge in [-0.25, -0.2) is 27.4 Å². The fourth-order valence-electron chi connectivity index (χ4n) is 13.3. The van der Waals surface area contributed by atoms with Crippen molar-refractivity contribution in [3.63, 3.8) is 0 Å². The third-order valence-electron chi connectivity index (χ3n) is 18.1. The molecule has 11 heteroatoms. The number of hydrogen-bond acceptors (Lipinski definition) is 3. The molecule has 92 heavy (non-hydrogen) atoms. The van der Waals surface area contributed by atoms with Crippen LogP contribution in [-0.2, 0) is 42.3 Å². The smallest absolute Gasteiger partial charge is 0.264 e. The van der Waals surface area contributed by atoms with E-state index in [1.807, 2.05) is 98.3 Å². The highest BCUT2D eigenvalue weighted by molar-refractivity contribution is 5.93. The summed E-state index contributed by atoms with van der Waals surface area (Å²) in [5, 5.41) is 9.30. The van der Waals surface area contributed by atoms with Gasteiger partial charge in [0, 0.05) is 90.6 Å². The van der Waals surface area contributed by atoms with Crippen molar-refractivity contribution in [3.8, 4) is 56.9 Å². The zero-order chi connectivity index (χ0) is 72.9. The van der Waals surface area contributed by atoms with Crippen molar-refractivity contribution in [2.45, 2.75) is 94.7 Å². The van der Waals surface area contributed by atoms with Crippen LogP contribution in [0.3, 0.4) is 0 Å². The van der Waals surface area contributed by atoms with Crippen molar-refractivity contribution in [2.75, 3.05) is 0 Å². The minimum Gasteiger partial charge on any atom is -0.264 e. The quantitative estimate of drug-likeness (QED) is 0.142. The molecule has 0 bridgehead atoms. The summed E-state index contributed by atoms with van der Waals surface area (Å²) in [5.41, 5.74) is 14.6. The lowest BCUT2D eigenvalue weighted by Crippen LogP contribution is -2.29. The van der Waals surface area contributed by atoms with Crippen LogP contribution in [0.15, 0.2) is 202 Å². The summed E-state index contributed by atoms with van der Waals surface area (Å²) in [6.07, 6.45) is 23.0. The summed E-state index contributed by atoms with van der Waals surface area (Å²) in [4.78, 5) is 12.5. The van der Waals surface area contributed by atoms with Crippen LogP contribution >= 0.6 is 0 Å². The second-order valence-corrected chi connectivity index (χ2v) is 24.8. The first-order chi connectivity index (χ1) is 47.8. The lowest BCUT2D eigenvalue weighted by Gasteiger charge is -2.18. The Morgan fingerprint density at radius 2 is 0.837 bits per heavy atom. The van der Waals surface area contributed by atoms with Crippen LogP contribution in [0.25, 0.3) is 100 Å². The van der Waals surface area contributed by atoms with Crippen molar-refractivity contribution < 1.29 is 30.6 Å². The summed E-state index contributed by atoms with van der Waals surface area (Å²) < 4.78 is 87.8. The van der Waals surface area contributed by atoms with E-state index in [0.717, 1.165) is 55.3 Å². The molecule has 0 unspecified atom stereocenters. The topological polar surface area (TPSA) is 73.9 Å². The molecule has 0 spiro atoms. The molecular weight excluding hydrogens is 1130 g/mol. The molecule has 0 atom stereocenters. The lowest BCUT2D eigenvalue weighted by molar-refractivity contribution is -0.659. The molecule has 11 nitrogen and oxygen atoms in total. The van der Waals surface area contributed by atoms with E-state index >= 15 is 0 Å². The van der Waals surface area contributed by atoms with Crippen LogP contribution < -0.4 is 18.3 Å². The summed E-state index contributed by atoms with van der Waals surface area (Å²) >= 11 is 0. The van der Waals surface area contributed by atoms with Crippen molar-refractivity contribution in [3.05, 3.63) is 258 Å². The van der Waals surface area contributed by atoms with Crippen LogP contribution in [0.4, 0.5) is 0 Å². The summed E-state index contributed by atoms with van der Waals surface area (Å²) in [6.45, 7) is 12.4. The fourth-order valence-corrected chi connectivity index (χ4v) is 13.3. The number of fused-ring (bicyclic) bond motifs is 4. The Kier molecular flexibility index (Phi) is 15.1. The van der Waals surface area contributed by atoms with Crippen LogP contribution in [0, 0.1) is 55.2 Å². The molecule has 0 amide bonds. The van der Waals surface area contributed by atoms with E-state index in [4.69, 9.17) is 12.3 Å². The molecule has 0 saturated heterocycles. The maximum atomic E-state index is 8.09. The summed E-state index contributed by atoms with van der Waals surface area (Å²) in [5.74, 6) is 4.95. The molecule has 7 aromatic carbocycles. The van der Waals surface area contributed by atoms with Gasteiger partial charge in [-0.15, -0.1) is 0 Å². The van der Waals surface area contributed by atoms with Gasteiger partial charge in [0.1, 0.15) is 59.9 Å². The van der Waals surface area contributed by atoms with Crippen LogP contribution in [0.2, 0.25) is 0 Å². The molecule has 0 radical (unpaired) electrons. The van der Waals surface area contributed by atoms with E-state index in [1.54, 1.807) is 41.0 Å². The van der Waals surface area contributed by atoms with Crippen LogP contribution in [0.1, 0.15) is 108 Å². The average Bonchev–Trinajstić information content (AvgIpc) is 1.69. The van der Waals surface area contributed by atoms with E-state index in [-0.39, 0.29) is 16.8 Å². The first-order valence-electron chi connectivity index (χ1n) is 35.8. The number of para-hydroxylation sites is 2. The van der Waals surface area contributed by atoms with Gasteiger partial charge in [-0.2, -0.15) is 9.13 Å². The molecule has 0 N–H and O–H groups in total. The second-order valence-electron chi connectivity index (χ2n) is 24.8. The van der Waals surface area contributed by atoms with Gasteiger partial charge < -0.3 is 0 Å². The Morgan fingerprint density at radius 3 is 1.33 bits per heavy atom. The molecule has 464 valence electrons. The highest BCUT2D eigenvalue weighted by Gasteiger charge is 2.29. The molecule has 0 aliphatic heterocycles. The Labute approximate surface area is 556 Å². The molecule has 0 aliphatic carbocycles. The van der Waals surface area contributed by atoms with Gasteiger partial charge in [-0.05, 0) is 156 Å². The molecule has 0 aliphatic rings. The van der Waals surface area contributed by atoms with E-state index in [1.165, 1.54) is 90.5 Å². The normalized spacial score (nSPS) is 13.2. The van der Waals surface area contributed by atoms with Crippen molar-refractivity contribution in [1.29, 1.82) is 0 Å². The van der Waals surface area contributed by atoms with Gasteiger partial charge in [-0.3, -0.25) is 15.0 Å². The largest absolute Gasteiger partial charge is 0.294 e. The predicted molar refractivity (Wildman–Crippen MR) is 378 cm³/mol. The lowest BCUT2D eigenvalue weighted by atomic mass is 9.92. The van der Waals surface area contributed by atoms with Gasteiger partial charge >= 0.3 is 0 Å². The number of hydrogen-bond donors (Lipinski definition) is 0. The summed E-state index contributed by atoms with van der Waals surface area (Å²) in [6, 6.07) is 42.7. The van der Waals surface area contributed by atoms with Crippen LogP contribution in [-0.4, -0.2) is 33.2 Å². The highest BCUT2D eigenvalue weighted by atomic mass is 15.2. The van der Waals surface area contributed by atoms with Gasteiger partial charge in [0.25, 0.3) is 23.3 Å². The van der Waals surface area contributed by atoms with E-state index in [2.05, 4.69) is 200 Å². The standard InChI is InChI=1S/C27H31N2.C23H24N3.C16H18N3.C15H16N3/c1-18(2)22-12-9-13-23(19(3)4)26(22)29-17-16-28(6)27(29)25-15-14-21-10-7-8-11-24(21)20(25)5;1-15-7-6-8-16(2)22(15)26-17(3)14-25(5)23(26)21-10-9-19-13-24-12-11-20(19)18(21)4;1-11-10-18(3)16(19(11)4)15-6-5-13-9-17-8-7-14(13)12(15)2;1-11-13-6-7-16-10-12(13)4-5-14(11)15-17(2)8-9-18(15)3/h7-19H,1-6H3;6-14H,1-5H3;5-10H,1-4H3;4-10H,1-3H3/q4*+1/i;1D3,2D3;1D3;. The molecule has 0 saturated carbocycles. The SMILES string of the molecule is Cc1c(-c2n(-c3c(C(C)C)cccc3C(C)C)cc[n+]2C)ccc2ccccc12.Cc1c(-c2n(C)cc[n+]2C)ccc2cnccc12.[2H]C([2H])([2H])c1c[n+](C)c(-c2ccc3cnccc3c2C)n1C.[2H]C([2H])([2H])c1cccc(C([2H])([2H])[2H])c1-n1c(C)c[n+](C)c1-c1ccc2cnccc2c1C. The zero-order valence-electron chi connectivity index (χ0n) is 64.6. The molecule has 7 aromatic heterocycles. The average molecular weight is 1230 g/mol. The Morgan fingerprint density at radius 1 is 0.402 bits per heavy atom. The highest BCUT2D eigenvalue weighted by Crippen LogP contribution is 2.37. The minimum atomic E-state index is -2.48. The maximum absolute atomic E-state index is 8.09. The van der Waals surface area contributed by atoms with Gasteiger partial charge in [0.2, 0.25) is 0 Å². The third-order valence-corrected chi connectivity index (χ3v) is 18.1.